The van der Waals surface area contributed by atoms with Gasteiger partial charge in [0, 0.05) is 32.8 Å². The van der Waals surface area contributed by atoms with Gasteiger partial charge in [-0.15, -0.1) is 0 Å². The maximum atomic E-state index is 12.7. The number of methoxy groups -OCH3 is 1. The van der Waals surface area contributed by atoms with E-state index >= 15 is 0 Å². The van der Waals surface area contributed by atoms with Gasteiger partial charge in [0.2, 0.25) is 0 Å². The molecule has 1 aromatic rings. The molecule has 7 heteroatoms. The fraction of sp³-hybridized carbons (Fsp3) is 0.722. The zero-order valence-corrected chi connectivity index (χ0v) is 15.0. The largest absolute Gasteiger partial charge is 0.383 e. The van der Waals surface area contributed by atoms with E-state index in [0.717, 1.165) is 25.9 Å². The van der Waals surface area contributed by atoms with Crippen molar-refractivity contribution in [2.45, 2.75) is 32.2 Å². The number of carbonyl (C=O) groups is 1. The van der Waals surface area contributed by atoms with Crippen LogP contribution in [-0.2, 0) is 11.3 Å². The van der Waals surface area contributed by atoms with Crippen molar-refractivity contribution in [2.24, 2.45) is 5.92 Å². The molecule has 2 fully saturated rings. The topological polar surface area (TPSA) is 67.7 Å². The lowest BCUT2D eigenvalue weighted by molar-refractivity contribution is 0.0663. The van der Waals surface area contributed by atoms with Crippen LogP contribution in [0.15, 0.2) is 16.9 Å². The van der Waals surface area contributed by atoms with Crippen LogP contribution in [0.3, 0.4) is 0 Å². The highest BCUT2D eigenvalue weighted by atomic mass is 16.5. The van der Waals surface area contributed by atoms with Gasteiger partial charge in [0.05, 0.1) is 13.2 Å². The van der Waals surface area contributed by atoms with Crippen LogP contribution in [0.4, 0.5) is 0 Å². The molecule has 3 heterocycles. The van der Waals surface area contributed by atoms with Gasteiger partial charge in [-0.3, -0.25) is 9.59 Å². The summed E-state index contributed by atoms with van der Waals surface area (Å²) in [5.74, 6) is 0.608. The molecule has 0 aromatic carbocycles. The number of ether oxygens (including phenoxy) is 1. The number of nitrogens with zero attached hydrogens (tertiary/aromatic N) is 4. The number of aromatic nitrogens is 2. The molecule has 0 bridgehead atoms. The summed E-state index contributed by atoms with van der Waals surface area (Å²) in [5.41, 5.74) is 0.131. The quantitative estimate of drug-likeness (QED) is 0.762. The van der Waals surface area contributed by atoms with Crippen molar-refractivity contribution in [1.82, 2.24) is 19.6 Å². The molecular formula is C18H28N4O3. The van der Waals surface area contributed by atoms with E-state index in [1.807, 2.05) is 4.90 Å². The standard InChI is InChI=1S/C18H28N4O3/c1-25-13-12-22-17(23)5-4-16(19-22)18(24)21-10-6-15(7-11-21)14-20-8-2-3-9-20/h4-5,15H,2-3,6-14H2,1H3. The molecule has 0 saturated carbocycles. The SMILES string of the molecule is COCCn1nc(C(=O)N2CCC(CN3CCCC3)CC2)ccc1=O. The summed E-state index contributed by atoms with van der Waals surface area (Å²) in [7, 11) is 1.58. The van der Waals surface area contributed by atoms with Crippen molar-refractivity contribution in [1.29, 1.82) is 0 Å². The molecule has 2 saturated heterocycles. The third kappa shape index (κ3) is 4.67. The van der Waals surface area contributed by atoms with Crippen LogP contribution in [0, 0.1) is 5.92 Å². The third-order valence-electron chi connectivity index (χ3n) is 5.21. The lowest BCUT2D eigenvalue weighted by Crippen LogP contribution is -2.42. The smallest absolute Gasteiger partial charge is 0.274 e. The summed E-state index contributed by atoms with van der Waals surface area (Å²) in [6.07, 6.45) is 4.74. The van der Waals surface area contributed by atoms with E-state index in [9.17, 15) is 9.59 Å². The van der Waals surface area contributed by atoms with Crippen LogP contribution in [-0.4, -0.2) is 71.9 Å². The lowest BCUT2D eigenvalue weighted by atomic mass is 9.96. The van der Waals surface area contributed by atoms with Crippen LogP contribution in [0.25, 0.3) is 0 Å². The van der Waals surface area contributed by atoms with E-state index in [-0.39, 0.29) is 11.5 Å². The van der Waals surface area contributed by atoms with E-state index < -0.39 is 0 Å². The molecule has 138 valence electrons. The van der Waals surface area contributed by atoms with Gasteiger partial charge in [-0.1, -0.05) is 0 Å². The maximum absolute atomic E-state index is 12.7. The van der Waals surface area contributed by atoms with Gasteiger partial charge in [0.25, 0.3) is 11.5 Å². The first-order valence-corrected chi connectivity index (χ1v) is 9.26. The molecule has 0 N–H and O–H groups in total. The van der Waals surface area contributed by atoms with Crippen molar-refractivity contribution >= 4 is 5.91 Å². The minimum atomic E-state index is -0.210. The van der Waals surface area contributed by atoms with Gasteiger partial charge in [-0.25, -0.2) is 4.68 Å². The molecule has 25 heavy (non-hydrogen) atoms. The molecule has 0 unspecified atom stereocenters. The first-order valence-electron chi connectivity index (χ1n) is 9.26. The highest BCUT2D eigenvalue weighted by molar-refractivity contribution is 5.92. The fourth-order valence-corrected chi connectivity index (χ4v) is 3.71. The van der Waals surface area contributed by atoms with Crippen LogP contribution >= 0.6 is 0 Å². The van der Waals surface area contributed by atoms with Crippen molar-refractivity contribution in [3.05, 3.63) is 28.2 Å². The summed E-state index contributed by atoms with van der Waals surface area (Å²) in [5, 5.41) is 4.21. The Morgan fingerprint density at radius 2 is 1.92 bits per heavy atom. The zero-order chi connectivity index (χ0) is 17.6. The minimum absolute atomic E-state index is 0.0780. The van der Waals surface area contributed by atoms with Crippen molar-refractivity contribution in [2.75, 3.05) is 46.4 Å². The number of rotatable bonds is 6. The Morgan fingerprint density at radius 3 is 2.60 bits per heavy atom. The number of carbonyl (C=O) groups excluding carboxylic acids is 1. The predicted molar refractivity (Wildman–Crippen MR) is 94.7 cm³/mol. The number of amides is 1. The molecule has 2 aliphatic rings. The van der Waals surface area contributed by atoms with E-state index in [4.69, 9.17) is 4.74 Å². The molecule has 1 amide bonds. The molecule has 0 aliphatic carbocycles. The average molecular weight is 348 g/mol. The van der Waals surface area contributed by atoms with Crippen molar-refractivity contribution in [3.63, 3.8) is 0 Å². The van der Waals surface area contributed by atoms with Crippen LogP contribution in [0.2, 0.25) is 0 Å². The molecule has 7 nitrogen and oxygen atoms in total. The second-order valence-corrected chi connectivity index (χ2v) is 7.02. The van der Waals surface area contributed by atoms with E-state index in [1.165, 1.54) is 49.3 Å². The summed E-state index contributed by atoms with van der Waals surface area (Å²) >= 11 is 0. The van der Waals surface area contributed by atoms with E-state index in [1.54, 1.807) is 7.11 Å². The van der Waals surface area contributed by atoms with E-state index in [2.05, 4.69) is 10.00 Å². The molecular weight excluding hydrogens is 320 g/mol. The Balaban J connectivity index is 1.55. The first kappa shape index (κ1) is 18.1. The average Bonchev–Trinajstić information content (AvgIpc) is 3.14. The van der Waals surface area contributed by atoms with Crippen LogP contribution < -0.4 is 5.56 Å². The summed E-state index contributed by atoms with van der Waals surface area (Å²) in [6, 6.07) is 2.94. The Labute approximate surface area is 148 Å². The number of likely N-dealkylation sites (tertiary alicyclic amines) is 2. The second kappa shape index (κ2) is 8.58. The van der Waals surface area contributed by atoms with Gasteiger partial charge in [-0.05, 0) is 50.8 Å². The molecule has 2 aliphatic heterocycles. The molecule has 1 aromatic heterocycles. The Morgan fingerprint density at radius 1 is 1.20 bits per heavy atom. The highest BCUT2D eigenvalue weighted by Gasteiger charge is 2.26. The first-order chi connectivity index (χ1) is 12.2. The number of hydrogen-bond donors (Lipinski definition) is 0. The molecule has 0 atom stereocenters. The van der Waals surface area contributed by atoms with Crippen molar-refractivity contribution < 1.29 is 9.53 Å². The number of hydrogen-bond acceptors (Lipinski definition) is 5. The number of piperidine rings is 1. The highest BCUT2D eigenvalue weighted by Crippen LogP contribution is 2.21. The van der Waals surface area contributed by atoms with E-state index in [0.29, 0.717) is 24.8 Å². The van der Waals surface area contributed by atoms with Gasteiger partial charge in [0.1, 0.15) is 5.69 Å². The summed E-state index contributed by atoms with van der Waals surface area (Å²) in [6.45, 7) is 5.92. The summed E-state index contributed by atoms with van der Waals surface area (Å²) < 4.78 is 6.29. The third-order valence-corrected chi connectivity index (χ3v) is 5.21. The van der Waals surface area contributed by atoms with Gasteiger partial charge in [0.15, 0.2) is 0 Å². The molecule has 0 spiro atoms. The monoisotopic (exact) mass is 348 g/mol. The fourth-order valence-electron chi connectivity index (χ4n) is 3.71. The van der Waals surface area contributed by atoms with Crippen molar-refractivity contribution in [3.8, 4) is 0 Å². The lowest BCUT2D eigenvalue weighted by Gasteiger charge is -2.33. The van der Waals surface area contributed by atoms with Crippen LogP contribution in [0.5, 0.6) is 0 Å². The predicted octanol–water partition coefficient (Wildman–Crippen LogP) is 0.838. The minimum Gasteiger partial charge on any atom is -0.383 e. The zero-order valence-electron chi connectivity index (χ0n) is 15.0. The maximum Gasteiger partial charge on any atom is 0.274 e. The van der Waals surface area contributed by atoms with Gasteiger partial charge >= 0.3 is 0 Å². The van der Waals surface area contributed by atoms with Gasteiger partial charge in [-0.2, -0.15) is 5.10 Å². The Bertz CT molecular complexity index is 631. The van der Waals surface area contributed by atoms with Gasteiger partial charge < -0.3 is 14.5 Å². The summed E-state index contributed by atoms with van der Waals surface area (Å²) in [4.78, 5) is 28.9. The Kier molecular flexibility index (Phi) is 6.20. The molecule has 0 radical (unpaired) electrons. The normalized spacial score (nSPS) is 19.5. The van der Waals surface area contributed by atoms with Crippen LogP contribution in [0.1, 0.15) is 36.2 Å². The Hall–Kier alpha value is -1.73. The second-order valence-electron chi connectivity index (χ2n) is 7.02. The molecule has 3 rings (SSSR count).